The molecule has 16 heavy (non-hydrogen) atoms. The minimum atomic E-state index is 0.347. The van der Waals surface area contributed by atoms with Crippen LogP contribution in [0.1, 0.15) is 5.56 Å². The number of para-hydroxylation sites is 1. The summed E-state index contributed by atoms with van der Waals surface area (Å²) in [6.07, 6.45) is 0. The first-order valence-electron chi connectivity index (χ1n) is 4.91. The van der Waals surface area contributed by atoms with Crippen molar-refractivity contribution in [3.05, 3.63) is 58.6 Å². The van der Waals surface area contributed by atoms with Crippen LogP contribution in [0.4, 0.5) is 0 Å². The van der Waals surface area contributed by atoms with Crippen LogP contribution in [0.25, 0.3) is 0 Å². The SMILES string of the molecule is Oc1ccccc1SCc1ccccc1Br. The zero-order valence-corrected chi connectivity index (χ0v) is 11.0. The fourth-order valence-electron chi connectivity index (χ4n) is 1.35. The third-order valence-electron chi connectivity index (χ3n) is 2.21. The molecule has 0 amide bonds. The van der Waals surface area contributed by atoms with E-state index >= 15 is 0 Å². The van der Waals surface area contributed by atoms with Gasteiger partial charge in [-0.3, -0.25) is 0 Å². The Morgan fingerprint density at radius 1 is 1.00 bits per heavy atom. The summed E-state index contributed by atoms with van der Waals surface area (Å²) < 4.78 is 1.11. The van der Waals surface area contributed by atoms with Gasteiger partial charge in [0, 0.05) is 15.1 Å². The van der Waals surface area contributed by atoms with Gasteiger partial charge in [-0.2, -0.15) is 0 Å². The Hall–Kier alpha value is -0.930. The van der Waals surface area contributed by atoms with Crippen molar-refractivity contribution in [3.8, 4) is 5.75 Å². The summed E-state index contributed by atoms with van der Waals surface area (Å²) in [4.78, 5) is 0.915. The summed E-state index contributed by atoms with van der Waals surface area (Å²) in [6.45, 7) is 0. The molecule has 0 radical (unpaired) electrons. The Morgan fingerprint density at radius 3 is 2.44 bits per heavy atom. The molecule has 1 nitrogen and oxygen atoms in total. The quantitative estimate of drug-likeness (QED) is 0.844. The van der Waals surface area contributed by atoms with E-state index in [1.54, 1.807) is 17.8 Å². The predicted octanol–water partition coefficient (Wildman–Crippen LogP) is 4.45. The largest absolute Gasteiger partial charge is 0.507 e. The molecule has 0 aliphatic carbocycles. The maximum absolute atomic E-state index is 9.63. The molecule has 2 aromatic carbocycles. The molecule has 0 spiro atoms. The molecule has 3 heteroatoms. The maximum Gasteiger partial charge on any atom is 0.129 e. The lowest BCUT2D eigenvalue weighted by Crippen LogP contribution is -1.82. The van der Waals surface area contributed by atoms with Crippen LogP contribution in [0.5, 0.6) is 5.75 Å². The third-order valence-corrected chi connectivity index (χ3v) is 4.09. The summed E-state index contributed by atoms with van der Waals surface area (Å²) in [5, 5.41) is 9.63. The van der Waals surface area contributed by atoms with Crippen molar-refractivity contribution in [2.45, 2.75) is 10.6 Å². The van der Waals surface area contributed by atoms with Crippen LogP contribution >= 0.6 is 27.7 Å². The second-order valence-electron chi connectivity index (χ2n) is 3.35. The van der Waals surface area contributed by atoms with E-state index in [4.69, 9.17) is 0 Å². The number of hydrogen-bond acceptors (Lipinski definition) is 2. The molecule has 0 fully saturated rings. The molecule has 1 N–H and O–H groups in total. The van der Waals surface area contributed by atoms with Crippen molar-refractivity contribution in [1.29, 1.82) is 0 Å². The average molecular weight is 295 g/mol. The molecule has 0 saturated heterocycles. The standard InChI is InChI=1S/C13H11BrOS/c14-11-6-2-1-5-10(11)9-16-13-8-4-3-7-12(13)15/h1-8,15H,9H2. The van der Waals surface area contributed by atoms with Crippen LogP contribution in [-0.4, -0.2) is 5.11 Å². The Bertz CT molecular complexity index is 439. The number of aromatic hydroxyl groups is 1. The van der Waals surface area contributed by atoms with Crippen molar-refractivity contribution in [2.75, 3.05) is 0 Å². The van der Waals surface area contributed by atoms with Gasteiger partial charge < -0.3 is 5.11 Å². The molecule has 0 atom stereocenters. The van der Waals surface area contributed by atoms with Crippen LogP contribution in [-0.2, 0) is 5.75 Å². The lowest BCUT2D eigenvalue weighted by atomic mass is 10.2. The molecule has 0 heterocycles. The minimum absolute atomic E-state index is 0.347. The van der Waals surface area contributed by atoms with Gasteiger partial charge in [-0.25, -0.2) is 0 Å². The van der Waals surface area contributed by atoms with Crippen LogP contribution < -0.4 is 0 Å². The van der Waals surface area contributed by atoms with Crippen molar-refractivity contribution >= 4 is 27.7 Å². The predicted molar refractivity (Wildman–Crippen MR) is 71.8 cm³/mol. The lowest BCUT2D eigenvalue weighted by molar-refractivity contribution is 0.462. The van der Waals surface area contributed by atoms with Gasteiger partial charge in [0.25, 0.3) is 0 Å². The molecule has 2 rings (SSSR count). The van der Waals surface area contributed by atoms with Crippen molar-refractivity contribution in [2.24, 2.45) is 0 Å². The van der Waals surface area contributed by atoms with E-state index in [2.05, 4.69) is 22.0 Å². The molecule has 0 unspecified atom stereocenters. The van der Waals surface area contributed by atoms with Gasteiger partial charge >= 0.3 is 0 Å². The van der Waals surface area contributed by atoms with Gasteiger partial charge in [-0.05, 0) is 23.8 Å². The number of hydrogen-bond donors (Lipinski definition) is 1. The van der Waals surface area contributed by atoms with Gasteiger partial charge in [0.2, 0.25) is 0 Å². The Kier molecular flexibility index (Phi) is 3.91. The normalized spacial score (nSPS) is 10.3. The molecule has 0 saturated carbocycles. The minimum Gasteiger partial charge on any atom is -0.507 e. The first-order chi connectivity index (χ1) is 7.77. The Morgan fingerprint density at radius 2 is 1.69 bits per heavy atom. The van der Waals surface area contributed by atoms with E-state index in [0.717, 1.165) is 15.1 Å². The fourth-order valence-corrected chi connectivity index (χ4v) is 2.91. The van der Waals surface area contributed by atoms with E-state index in [-0.39, 0.29) is 0 Å². The molecule has 0 aliphatic heterocycles. The van der Waals surface area contributed by atoms with Gasteiger partial charge in [0.1, 0.15) is 5.75 Å². The summed E-state index contributed by atoms with van der Waals surface area (Å²) in [5.41, 5.74) is 1.23. The van der Waals surface area contributed by atoms with Gasteiger partial charge in [0.05, 0.1) is 0 Å². The van der Waals surface area contributed by atoms with Crippen LogP contribution in [0.3, 0.4) is 0 Å². The van der Waals surface area contributed by atoms with Crippen molar-refractivity contribution in [1.82, 2.24) is 0 Å². The maximum atomic E-state index is 9.63. The van der Waals surface area contributed by atoms with E-state index < -0.39 is 0 Å². The van der Waals surface area contributed by atoms with Crippen LogP contribution in [0, 0.1) is 0 Å². The van der Waals surface area contributed by atoms with E-state index in [1.165, 1.54) is 5.56 Å². The number of phenolic OH excluding ortho intramolecular Hbond substituents is 1. The highest BCUT2D eigenvalue weighted by Gasteiger charge is 2.03. The molecule has 2 aromatic rings. The molecular formula is C13H11BrOS. The van der Waals surface area contributed by atoms with Crippen LogP contribution in [0.2, 0.25) is 0 Å². The molecule has 82 valence electrons. The molecule has 0 aromatic heterocycles. The summed E-state index contributed by atoms with van der Waals surface area (Å²) >= 11 is 5.15. The highest BCUT2D eigenvalue weighted by atomic mass is 79.9. The zero-order chi connectivity index (χ0) is 11.4. The number of thioether (sulfide) groups is 1. The van der Waals surface area contributed by atoms with E-state index in [1.807, 2.05) is 36.4 Å². The molecular weight excluding hydrogens is 284 g/mol. The number of benzene rings is 2. The summed E-state index contributed by atoms with van der Waals surface area (Å²) in [7, 11) is 0. The van der Waals surface area contributed by atoms with Gasteiger partial charge in [-0.1, -0.05) is 46.3 Å². The average Bonchev–Trinajstić information content (AvgIpc) is 2.30. The van der Waals surface area contributed by atoms with E-state index in [0.29, 0.717) is 5.75 Å². The monoisotopic (exact) mass is 294 g/mol. The lowest BCUT2D eigenvalue weighted by Gasteiger charge is -2.05. The summed E-state index contributed by atoms with van der Waals surface area (Å²) in [5.74, 6) is 1.19. The highest BCUT2D eigenvalue weighted by molar-refractivity contribution is 9.10. The number of halogens is 1. The first kappa shape index (κ1) is 11.6. The first-order valence-corrected chi connectivity index (χ1v) is 6.69. The highest BCUT2D eigenvalue weighted by Crippen LogP contribution is 2.32. The van der Waals surface area contributed by atoms with Crippen molar-refractivity contribution in [3.63, 3.8) is 0 Å². The second-order valence-corrected chi connectivity index (χ2v) is 5.22. The molecule has 0 aliphatic rings. The number of phenols is 1. The Labute approximate surface area is 108 Å². The van der Waals surface area contributed by atoms with Gasteiger partial charge in [0.15, 0.2) is 0 Å². The smallest absolute Gasteiger partial charge is 0.129 e. The topological polar surface area (TPSA) is 20.2 Å². The van der Waals surface area contributed by atoms with E-state index in [9.17, 15) is 5.11 Å². The van der Waals surface area contributed by atoms with Crippen molar-refractivity contribution < 1.29 is 5.11 Å². The summed E-state index contributed by atoms with van der Waals surface area (Å²) in [6, 6.07) is 15.5. The third kappa shape index (κ3) is 2.80. The van der Waals surface area contributed by atoms with Crippen LogP contribution in [0.15, 0.2) is 57.9 Å². The Balaban J connectivity index is 2.09. The fraction of sp³-hybridized carbons (Fsp3) is 0.0769. The zero-order valence-electron chi connectivity index (χ0n) is 8.56. The second kappa shape index (κ2) is 5.41. The van der Waals surface area contributed by atoms with Gasteiger partial charge in [-0.15, -0.1) is 11.8 Å². The molecule has 0 bridgehead atoms. The number of rotatable bonds is 3.